The number of aromatic nitrogens is 2. The largest absolute Gasteiger partial charge is 0.370 e. The Morgan fingerprint density at radius 2 is 2.17 bits per heavy atom. The highest BCUT2D eigenvalue weighted by Gasteiger charge is 2.22. The van der Waals surface area contributed by atoms with Gasteiger partial charge in [-0.3, -0.25) is 0 Å². The molecule has 0 aliphatic carbocycles. The van der Waals surface area contributed by atoms with Crippen LogP contribution in [-0.2, 0) is 6.42 Å². The minimum absolute atomic E-state index is 0.512. The molecule has 1 aromatic rings. The molecule has 0 spiro atoms. The van der Waals surface area contributed by atoms with Gasteiger partial charge in [0.2, 0.25) is 0 Å². The Balaban J connectivity index is 2.29. The Morgan fingerprint density at radius 1 is 1.33 bits per heavy atom. The molecule has 1 fully saturated rings. The summed E-state index contributed by atoms with van der Waals surface area (Å²) in [7, 11) is 0. The lowest BCUT2D eigenvalue weighted by atomic mass is 10.1. The van der Waals surface area contributed by atoms with Gasteiger partial charge in [-0.1, -0.05) is 13.8 Å². The van der Waals surface area contributed by atoms with Crippen LogP contribution in [0.25, 0.3) is 0 Å². The van der Waals surface area contributed by atoms with Crippen LogP contribution in [0.4, 0.5) is 5.82 Å². The molecule has 3 nitrogen and oxygen atoms in total. The molecule has 0 aromatic carbocycles. The molecule has 0 bridgehead atoms. The summed E-state index contributed by atoms with van der Waals surface area (Å²) in [6.45, 7) is 7.46. The van der Waals surface area contributed by atoms with Gasteiger partial charge in [0.1, 0.15) is 11.6 Å². The maximum Gasteiger partial charge on any atom is 0.143 e. The van der Waals surface area contributed by atoms with Crippen molar-refractivity contribution in [3.63, 3.8) is 0 Å². The number of thioether (sulfide) groups is 1. The van der Waals surface area contributed by atoms with Gasteiger partial charge in [-0.25, -0.2) is 9.97 Å². The number of hydrogen-bond donors (Lipinski definition) is 1. The summed E-state index contributed by atoms with van der Waals surface area (Å²) in [5.74, 6) is 3.34. The molecule has 1 aliphatic rings. The zero-order chi connectivity index (χ0) is 13.0. The topological polar surface area (TPSA) is 37.8 Å². The smallest absolute Gasteiger partial charge is 0.143 e. The van der Waals surface area contributed by atoms with Crippen molar-refractivity contribution in [3.8, 4) is 0 Å². The zero-order valence-electron chi connectivity index (χ0n) is 11.6. The molecule has 100 valence electrons. The molecule has 1 atom stereocenters. The van der Waals surface area contributed by atoms with Crippen molar-refractivity contribution in [2.75, 3.05) is 17.6 Å². The van der Waals surface area contributed by atoms with Crippen LogP contribution >= 0.6 is 11.8 Å². The van der Waals surface area contributed by atoms with E-state index in [1.54, 1.807) is 0 Å². The highest BCUT2D eigenvalue weighted by Crippen LogP contribution is 2.38. The summed E-state index contributed by atoms with van der Waals surface area (Å²) < 4.78 is 0. The Labute approximate surface area is 114 Å². The maximum atomic E-state index is 4.77. The van der Waals surface area contributed by atoms with Crippen molar-refractivity contribution < 1.29 is 0 Å². The average Bonchev–Trinajstić information content (AvgIpc) is 2.91. The molecule has 1 saturated heterocycles. The predicted octanol–water partition coefficient (Wildman–Crippen LogP) is 3.74. The van der Waals surface area contributed by atoms with Gasteiger partial charge < -0.3 is 5.32 Å². The first-order valence-electron chi connectivity index (χ1n) is 6.99. The van der Waals surface area contributed by atoms with Gasteiger partial charge in [-0.2, -0.15) is 11.8 Å². The quantitative estimate of drug-likeness (QED) is 0.880. The molecule has 0 amide bonds. The number of aryl methyl sites for hydroxylation is 1. The van der Waals surface area contributed by atoms with Crippen LogP contribution in [0.3, 0.4) is 0 Å². The SMILES string of the molecule is CCCNc1nc(C2CCCS2)nc(CC)c1C. The summed E-state index contributed by atoms with van der Waals surface area (Å²) in [5.41, 5.74) is 2.42. The maximum absolute atomic E-state index is 4.77. The van der Waals surface area contributed by atoms with E-state index in [1.165, 1.54) is 29.9 Å². The third kappa shape index (κ3) is 2.97. The molecule has 4 heteroatoms. The fourth-order valence-corrected chi connectivity index (χ4v) is 3.47. The lowest BCUT2D eigenvalue weighted by Crippen LogP contribution is -2.11. The van der Waals surface area contributed by atoms with Gasteiger partial charge in [0.15, 0.2) is 0 Å². The van der Waals surface area contributed by atoms with E-state index in [0.717, 1.165) is 31.0 Å². The highest BCUT2D eigenvalue weighted by atomic mass is 32.2. The lowest BCUT2D eigenvalue weighted by molar-refractivity contribution is 0.761. The number of nitrogens with zero attached hydrogens (tertiary/aromatic N) is 2. The highest BCUT2D eigenvalue weighted by molar-refractivity contribution is 7.99. The Bertz CT molecular complexity index is 400. The van der Waals surface area contributed by atoms with E-state index in [-0.39, 0.29) is 0 Å². The van der Waals surface area contributed by atoms with Crippen LogP contribution in [0.15, 0.2) is 0 Å². The average molecular weight is 265 g/mol. The molecule has 2 heterocycles. The van der Waals surface area contributed by atoms with Crippen LogP contribution in [0.2, 0.25) is 0 Å². The van der Waals surface area contributed by atoms with Crippen molar-refractivity contribution in [1.82, 2.24) is 9.97 Å². The standard InChI is InChI=1S/C14H23N3S/c1-4-8-15-13-10(3)11(5-2)16-14(17-13)12-7-6-9-18-12/h12H,4-9H2,1-3H3,(H,15,16,17). The second-order valence-corrected chi connectivity index (χ2v) is 6.09. The third-order valence-electron chi connectivity index (χ3n) is 3.36. The van der Waals surface area contributed by atoms with Gasteiger partial charge >= 0.3 is 0 Å². The van der Waals surface area contributed by atoms with Gasteiger partial charge in [-0.05, 0) is 38.4 Å². The molecule has 0 radical (unpaired) electrons. The third-order valence-corrected chi connectivity index (χ3v) is 4.73. The van der Waals surface area contributed by atoms with E-state index in [0.29, 0.717) is 5.25 Å². The minimum atomic E-state index is 0.512. The molecule has 1 aromatic heterocycles. The van der Waals surface area contributed by atoms with Crippen LogP contribution in [0, 0.1) is 6.92 Å². The number of nitrogens with one attached hydrogen (secondary N) is 1. The summed E-state index contributed by atoms with van der Waals surface area (Å²) in [5, 5.41) is 3.95. The molecular formula is C14H23N3S. The first kappa shape index (κ1) is 13.7. The molecule has 18 heavy (non-hydrogen) atoms. The summed E-state index contributed by atoms with van der Waals surface area (Å²) >= 11 is 2.00. The first-order chi connectivity index (χ1) is 8.76. The summed E-state index contributed by atoms with van der Waals surface area (Å²) in [6, 6.07) is 0. The van der Waals surface area contributed by atoms with E-state index in [2.05, 4.69) is 26.1 Å². The molecule has 2 rings (SSSR count). The van der Waals surface area contributed by atoms with Crippen molar-refractivity contribution in [2.24, 2.45) is 0 Å². The van der Waals surface area contributed by atoms with E-state index in [9.17, 15) is 0 Å². The molecule has 1 N–H and O–H groups in total. The molecular weight excluding hydrogens is 242 g/mol. The molecule has 1 aliphatic heterocycles. The van der Waals surface area contributed by atoms with Crippen LogP contribution < -0.4 is 5.32 Å². The van der Waals surface area contributed by atoms with Gasteiger partial charge in [0.05, 0.1) is 5.25 Å². The predicted molar refractivity (Wildman–Crippen MR) is 79.4 cm³/mol. The number of anilines is 1. The lowest BCUT2D eigenvalue weighted by Gasteiger charge is -2.15. The summed E-state index contributed by atoms with van der Waals surface area (Å²) in [6.07, 6.45) is 4.63. The van der Waals surface area contributed by atoms with E-state index < -0.39 is 0 Å². The van der Waals surface area contributed by atoms with E-state index in [4.69, 9.17) is 9.97 Å². The van der Waals surface area contributed by atoms with E-state index in [1.807, 2.05) is 11.8 Å². The van der Waals surface area contributed by atoms with E-state index >= 15 is 0 Å². The summed E-state index contributed by atoms with van der Waals surface area (Å²) in [4.78, 5) is 9.53. The van der Waals surface area contributed by atoms with Gasteiger partial charge in [0.25, 0.3) is 0 Å². The normalized spacial score (nSPS) is 19.2. The van der Waals surface area contributed by atoms with Crippen molar-refractivity contribution >= 4 is 17.6 Å². The van der Waals surface area contributed by atoms with Crippen LogP contribution in [0.5, 0.6) is 0 Å². The van der Waals surface area contributed by atoms with Crippen LogP contribution in [0.1, 0.15) is 55.4 Å². The fraction of sp³-hybridized carbons (Fsp3) is 0.714. The first-order valence-corrected chi connectivity index (χ1v) is 8.04. The van der Waals surface area contributed by atoms with Crippen molar-refractivity contribution in [1.29, 1.82) is 0 Å². The Hall–Kier alpha value is -0.770. The van der Waals surface area contributed by atoms with Gasteiger partial charge in [0, 0.05) is 17.8 Å². The van der Waals surface area contributed by atoms with Gasteiger partial charge in [-0.15, -0.1) is 0 Å². The molecule has 0 saturated carbocycles. The van der Waals surface area contributed by atoms with Crippen molar-refractivity contribution in [2.45, 2.75) is 51.7 Å². The van der Waals surface area contributed by atoms with Crippen LogP contribution in [-0.4, -0.2) is 22.3 Å². The monoisotopic (exact) mass is 265 g/mol. The molecule has 1 unspecified atom stereocenters. The fourth-order valence-electron chi connectivity index (χ4n) is 2.27. The second-order valence-electron chi connectivity index (χ2n) is 4.78. The Kier molecular flexibility index (Phi) is 4.87. The minimum Gasteiger partial charge on any atom is -0.370 e. The Morgan fingerprint density at radius 3 is 2.78 bits per heavy atom. The number of rotatable bonds is 5. The number of hydrogen-bond acceptors (Lipinski definition) is 4. The van der Waals surface area contributed by atoms with Crippen molar-refractivity contribution in [3.05, 3.63) is 17.1 Å². The zero-order valence-corrected chi connectivity index (χ0v) is 12.4. The second kappa shape index (κ2) is 6.41.